The summed E-state index contributed by atoms with van der Waals surface area (Å²) in [6.07, 6.45) is 1.12. The van der Waals surface area contributed by atoms with Crippen molar-refractivity contribution < 1.29 is 22.7 Å². The zero-order chi connectivity index (χ0) is 26.1. The van der Waals surface area contributed by atoms with E-state index in [1.807, 2.05) is 12.1 Å². The lowest BCUT2D eigenvalue weighted by atomic mass is 9.86. The van der Waals surface area contributed by atoms with Gasteiger partial charge in [0.15, 0.2) is 5.78 Å². The summed E-state index contributed by atoms with van der Waals surface area (Å²) in [6, 6.07) is 18.3. The van der Waals surface area contributed by atoms with Gasteiger partial charge in [-0.3, -0.25) is 14.3 Å². The maximum Gasteiger partial charge on any atom is 0.261 e. The van der Waals surface area contributed by atoms with Crippen LogP contribution in [-0.4, -0.2) is 33.8 Å². The third-order valence-corrected chi connectivity index (χ3v) is 7.59. The monoisotopic (exact) mass is 506 g/mol. The average molecular weight is 507 g/mol. The van der Waals surface area contributed by atoms with Gasteiger partial charge in [-0.1, -0.05) is 57.2 Å². The van der Waals surface area contributed by atoms with E-state index in [0.29, 0.717) is 42.0 Å². The Hall–Kier alpha value is -3.65. The first kappa shape index (κ1) is 25.4. The lowest BCUT2D eigenvalue weighted by molar-refractivity contribution is -0.117. The van der Waals surface area contributed by atoms with Crippen LogP contribution in [0.15, 0.2) is 71.6 Å². The Kier molecular flexibility index (Phi) is 6.91. The summed E-state index contributed by atoms with van der Waals surface area (Å²) in [5.41, 5.74) is 2.68. The molecule has 7 nitrogen and oxygen atoms in total. The van der Waals surface area contributed by atoms with Gasteiger partial charge in [0.05, 0.1) is 17.7 Å². The molecular weight excluding hydrogens is 476 g/mol. The van der Waals surface area contributed by atoms with E-state index in [4.69, 9.17) is 4.74 Å². The van der Waals surface area contributed by atoms with Crippen LogP contribution in [0.1, 0.15) is 55.1 Å². The number of sulfonamides is 1. The topological polar surface area (TPSA) is 92.8 Å². The fourth-order valence-corrected chi connectivity index (χ4v) is 5.25. The minimum absolute atomic E-state index is 0.00695. The lowest BCUT2D eigenvalue weighted by Gasteiger charge is -2.20. The van der Waals surface area contributed by atoms with Crippen molar-refractivity contribution in [2.24, 2.45) is 0 Å². The number of ether oxygens (including phenoxy) is 1. The zero-order valence-electron chi connectivity index (χ0n) is 20.9. The third-order valence-electron chi connectivity index (χ3n) is 6.21. The fraction of sp³-hybridized carbons (Fsp3) is 0.286. The normalized spacial score (nSPS) is 14.1. The highest BCUT2D eigenvalue weighted by atomic mass is 32.2. The van der Waals surface area contributed by atoms with Crippen LogP contribution in [0.2, 0.25) is 0 Å². The number of nitrogens with one attached hydrogen (secondary N) is 1. The molecule has 8 heteroatoms. The molecule has 4 rings (SSSR count). The molecule has 0 saturated carbocycles. The van der Waals surface area contributed by atoms with Crippen molar-refractivity contribution in [3.8, 4) is 5.75 Å². The minimum Gasteiger partial charge on any atom is -0.495 e. The number of anilines is 2. The van der Waals surface area contributed by atoms with Crippen LogP contribution in [0, 0.1) is 0 Å². The Morgan fingerprint density at radius 2 is 1.69 bits per heavy atom. The van der Waals surface area contributed by atoms with Gasteiger partial charge in [-0.15, -0.1) is 0 Å². The lowest BCUT2D eigenvalue weighted by Crippen LogP contribution is -2.25. The number of hydrogen-bond acceptors (Lipinski definition) is 5. The van der Waals surface area contributed by atoms with Crippen molar-refractivity contribution in [3.05, 3.63) is 83.4 Å². The molecule has 1 amide bonds. The molecule has 0 aromatic heterocycles. The van der Waals surface area contributed by atoms with E-state index < -0.39 is 10.0 Å². The smallest absolute Gasteiger partial charge is 0.261 e. The molecule has 1 fully saturated rings. The van der Waals surface area contributed by atoms with Crippen LogP contribution >= 0.6 is 0 Å². The summed E-state index contributed by atoms with van der Waals surface area (Å²) in [5.74, 6) is 0.155. The molecule has 0 spiro atoms. The molecule has 36 heavy (non-hydrogen) atoms. The highest BCUT2D eigenvalue weighted by molar-refractivity contribution is 7.92. The Bertz CT molecular complexity index is 1410. The number of hydrogen-bond donors (Lipinski definition) is 1. The van der Waals surface area contributed by atoms with Gasteiger partial charge in [-0.25, -0.2) is 8.42 Å². The minimum atomic E-state index is -3.99. The molecule has 1 heterocycles. The second kappa shape index (κ2) is 9.78. The molecule has 0 radical (unpaired) electrons. The van der Waals surface area contributed by atoms with Gasteiger partial charge in [-0.05, 0) is 47.7 Å². The molecule has 3 aromatic carbocycles. The van der Waals surface area contributed by atoms with Crippen molar-refractivity contribution in [3.63, 3.8) is 0 Å². The van der Waals surface area contributed by atoms with Crippen molar-refractivity contribution in [1.82, 2.24) is 0 Å². The number of methoxy groups -OCH3 is 1. The van der Waals surface area contributed by atoms with Crippen molar-refractivity contribution >= 4 is 33.1 Å². The Morgan fingerprint density at radius 3 is 2.31 bits per heavy atom. The van der Waals surface area contributed by atoms with E-state index in [2.05, 4.69) is 25.5 Å². The number of carbonyl (C=O) groups is 2. The van der Waals surface area contributed by atoms with Crippen LogP contribution in [0.3, 0.4) is 0 Å². The molecule has 1 aliphatic rings. The van der Waals surface area contributed by atoms with E-state index in [1.165, 1.54) is 31.4 Å². The maximum atomic E-state index is 13.2. The highest BCUT2D eigenvalue weighted by Crippen LogP contribution is 2.34. The molecule has 1 saturated heterocycles. The molecule has 1 aliphatic heterocycles. The molecule has 188 valence electrons. The van der Waals surface area contributed by atoms with E-state index >= 15 is 0 Å². The van der Waals surface area contributed by atoms with E-state index in [0.717, 1.165) is 5.56 Å². The quantitative estimate of drug-likeness (QED) is 0.447. The van der Waals surface area contributed by atoms with Crippen molar-refractivity contribution in [2.45, 2.75) is 43.9 Å². The zero-order valence-corrected chi connectivity index (χ0v) is 21.7. The Balaban J connectivity index is 1.59. The average Bonchev–Trinajstić information content (AvgIpc) is 3.28. The number of benzene rings is 3. The fourth-order valence-electron chi connectivity index (χ4n) is 4.18. The first-order valence-electron chi connectivity index (χ1n) is 11.8. The van der Waals surface area contributed by atoms with Crippen LogP contribution in [0.5, 0.6) is 5.75 Å². The summed E-state index contributed by atoms with van der Waals surface area (Å²) in [5, 5.41) is 0. The van der Waals surface area contributed by atoms with Gasteiger partial charge in [0.2, 0.25) is 5.91 Å². The second-order valence-corrected chi connectivity index (χ2v) is 11.5. The Labute approximate surface area is 212 Å². The summed E-state index contributed by atoms with van der Waals surface area (Å²) < 4.78 is 34.3. The molecule has 0 aliphatic carbocycles. The SMILES string of the molecule is COc1ccc(S(=O)(=O)Nc2cccc(C(=O)c3ccc(C(C)(C)C)cc3)c2)cc1N1CCCC1=O. The second-order valence-electron chi connectivity index (χ2n) is 9.83. The van der Waals surface area contributed by atoms with Gasteiger partial charge in [-0.2, -0.15) is 0 Å². The molecule has 3 aromatic rings. The van der Waals surface area contributed by atoms with Gasteiger partial charge in [0.25, 0.3) is 10.0 Å². The molecule has 0 unspecified atom stereocenters. The first-order chi connectivity index (χ1) is 17.0. The number of ketones is 1. The van der Waals surface area contributed by atoms with Gasteiger partial charge >= 0.3 is 0 Å². The van der Waals surface area contributed by atoms with Crippen LogP contribution < -0.4 is 14.4 Å². The third kappa shape index (κ3) is 5.28. The van der Waals surface area contributed by atoms with Gasteiger partial charge < -0.3 is 9.64 Å². The summed E-state index contributed by atoms with van der Waals surface area (Å²) >= 11 is 0. The molecule has 0 bridgehead atoms. The van der Waals surface area contributed by atoms with Crippen LogP contribution in [-0.2, 0) is 20.2 Å². The van der Waals surface area contributed by atoms with E-state index in [-0.39, 0.29) is 27.7 Å². The van der Waals surface area contributed by atoms with E-state index in [1.54, 1.807) is 35.2 Å². The highest BCUT2D eigenvalue weighted by Gasteiger charge is 2.27. The van der Waals surface area contributed by atoms with Crippen molar-refractivity contribution in [1.29, 1.82) is 0 Å². The summed E-state index contributed by atoms with van der Waals surface area (Å²) in [7, 11) is -2.51. The van der Waals surface area contributed by atoms with E-state index in [9.17, 15) is 18.0 Å². The van der Waals surface area contributed by atoms with Crippen molar-refractivity contribution in [2.75, 3.05) is 23.3 Å². The number of amides is 1. The largest absolute Gasteiger partial charge is 0.495 e. The predicted molar refractivity (Wildman–Crippen MR) is 140 cm³/mol. The van der Waals surface area contributed by atoms with Crippen LogP contribution in [0.25, 0.3) is 0 Å². The Morgan fingerprint density at radius 1 is 0.972 bits per heavy atom. The molecule has 0 atom stereocenters. The molecule has 1 N–H and O–H groups in total. The number of nitrogens with zero attached hydrogens (tertiary/aromatic N) is 1. The number of rotatable bonds is 7. The number of carbonyl (C=O) groups excluding carboxylic acids is 2. The maximum absolute atomic E-state index is 13.2. The first-order valence-corrected chi connectivity index (χ1v) is 13.2. The summed E-state index contributed by atoms with van der Waals surface area (Å²) in [6.45, 7) is 6.82. The van der Waals surface area contributed by atoms with Crippen LogP contribution in [0.4, 0.5) is 11.4 Å². The summed E-state index contributed by atoms with van der Waals surface area (Å²) in [4.78, 5) is 26.9. The standard InChI is InChI=1S/C28H30N2O5S/c1-28(2,3)21-12-10-19(11-13-21)27(32)20-7-5-8-22(17-20)29-36(33,34)23-14-15-25(35-4)24(18-23)30-16-6-9-26(30)31/h5,7-8,10-15,17-18,29H,6,9,16H2,1-4H3. The predicted octanol–water partition coefficient (Wildman–Crippen LogP) is 5.15. The molecular formula is C28H30N2O5S. The van der Waals surface area contributed by atoms with Gasteiger partial charge in [0, 0.05) is 29.8 Å². The van der Waals surface area contributed by atoms with Gasteiger partial charge in [0.1, 0.15) is 5.75 Å².